The molecule has 1 aliphatic heterocycles. The fourth-order valence-electron chi connectivity index (χ4n) is 1.86. The van der Waals surface area contributed by atoms with Crippen molar-refractivity contribution in [1.82, 2.24) is 4.90 Å². The molecule has 1 heterocycles. The molecule has 0 aromatic carbocycles. The molecule has 0 aromatic rings. The molecule has 0 bridgehead atoms. The van der Waals surface area contributed by atoms with Crippen LogP contribution in [-0.2, 0) is 4.79 Å². The third kappa shape index (κ3) is 3.63. The summed E-state index contributed by atoms with van der Waals surface area (Å²) in [5, 5.41) is 7.60. The first kappa shape index (κ1) is 15.2. The Balaban J connectivity index is 0.000000385. The molecule has 0 aromatic heterocycles. The Labute approximate surface area is 99.1 Å². The van der Waals surface area contributed by atoms with E-state index in [1.165, 1.54) is 19.4 Å². The van der Waals surface area contributed by atoms with E-state index in [2.05, 4.69) is 46.2 Å². The van der Waals surface area contributed by atoms with Crippen molar-refractivity contribution in [3.05, 3.63) is 12.7 Å². The summed E-state index contributed by atoms with van der Waals surface area (Å²) in [5.74, 6) is -0.981. The normalized spacial score (nSPS) is 22.8. The van der Waals surface area contributed by atoms with E-state index in [9.17, 15) is 4.79 Å². The van der Waals surface area contributed by atoms with E-state index in [1.807, 2.05) is 0 Å². The molecule has 0 atom stereocenters. The van der Waals surface area contributed by atoms with Gasteiger partial charge >= 0.3 is 5.97 Å². The van der Waals surface area contributed by atoms with Gasteiger partial charge in [-0.15, -0.1) is 0 Å². The first-order valence-corrected chi connectivity index (χ1v) is 5.72. The maximum atomic E-state index is 9.25. The van der Waals surface area contributed by atoms with Gasteiger partial charge in [-0.3, -0.25) is 0 Å². The van der Waals surface area contributed by atoms with Gasteiger partial charge in [-0.2, -0.15) is 0 Å². The predicted octanol–water partition coefficient (Wildman–Crippen LogP) is 2.77. The minimum atomic E-state index is -0.981. The van der Waals surface area contributed by atoms with E-state index in [1.54, 1.807) is 0 Å². The first-order valence-electron chi connectivity index (χ1n) is 5.72. The molecule has 94 valence electrons. The molecule has 16 heavy (non-hydrogen) atoms. The number of hydrogen-bond acceptors (Lipinski definition) is 2. The lowest BCUT2D eigenvalue weighted by Gasteiger charge is -2.52. The third-order valence-electron chi connectivity index (χ3n) is 4.08. The number of rotatable bonds is 1. The van der Waals surface area contributed by atoms with Crippen molar-refractivity contribution >= 4 is 5.97 Å². The zero-order valence-corrected chi connectivity index (χ0v) is 11.2. The van der Waals surface area contributed by atoms with Crippen molar-refractivity contribution in [2.24, 2.45) is 5.41 Å². The van der Waals surface area contributed by atoms with Gasteiger partial charge in [-0.05, 0) is 45.7 Å². The number of carboxylic acids is 1. The molecule has 1 N–H and O–H groups in total. The molecule has 0 saturated carbocycles. The van der Waals surface area contributed by atoms with Crippen LogP contribution in [0.1, 0.15) is 40.5 Å². The zero-order valence-electron chi connectivity index (χ0n) is 11.2. The number of aliphatic carboxylic acids is 1. The molecule has 1 rings (SSSR count). The highest BCUT2D eigenvalue weighted by molar-refractivity contribution is 5.78. The van der Waals surface area contributed by atoms with Crippen molar-refractivity contribution in [2.45, 2.75) is 46.1 Å². The van der Waals surface area contributed by atoms with Crippen LogP contribution in [0.2, 0.25) is 0 Å². The Morgan fingerprint density at radius 2 is 1.81 bits per heavy atom. The van der Waals surface area contributed by atoms with Crippen molar-refractivity contribution in [2.75, 3.05) is 13.6 Å². The van der Waals surface area contributed by atoms with E-state index in [0.29, 0.717) is 11.0 Å². The minimum Gasteiger partial charge on any atom is -0.478 e. The molecule has 3 heteroatoms. The number of nitrogens with zero attached hydrogens (tertiary/aromatic N) is 1. The monoisotopic (exact) mass is 227 g/mol. The van der Waals surface area contributed by atoms with Crippen molar-refractivity contribution in [1.29, 1.82) is 0 Å². The SMILES string of the molecule is C=CC(=O)O.CN1CCCC(C)(C)C1(C)C. The molecule has 0 spiro atoms. The lowest BCUT2D eigenvalue weighted by Crippen LogP contribution is -2.55. The van der Waals surface area contributed by atoms with Gasteiger partial charge in [0.2, 0.25) is 0 Å². The highest BCUT2D eigenvalue weighted by Gasteiger charge is 2.42. The zero-order chi connectivity index (χ0) is 13.0. The summed E-state index contributed by atoms with van der Waals surface area (Å²) in [7, 11) is 2.24. The average molecular weight is 227 g/mol. The van der Waals surface area contributed by atoms with E-state index >= 15 is 0 Å². The Morgan fingerprint density at radius 1 is 1.38 bits per heavy atom. The van der Waals surface area contributed by atoms with Crippen LogP contribution >= 0.6 is 0 Å². The summed E-state index contributed by atoms with van der Waals surface area (Å²) in [6.45, 7) is 13.7. The van der Waals surface area contributed by atoms with Crippen LogP contribution in [0, 0.1) is 5.41 Å². The number of hydrogen-bond donors (Lipinski definition) is 1. The fraction of sp³-hybridized carbons (Fsp3) is 0.769. The lowest BCUT2D eigenvalue weighted by molar-refractivity contribution is -0.131. The lowest BCUT2D eigenvalue weighted by atomic mass is 9.68. The maximum absolute atomic E-state index is 9.25. The van der Waals surface area contributed by atoms with Gasteiger partial charge in [-0.1, -0.05) is 20.4 Å². The van der Waals surface area contributed by atoms with Gasteiger partial charge in [0.15, 0.2) is 0 Å². The molecule has 0 unspecified atom stereocenters. The van der Waals surface area contributed by atoms with E-state index in [0.717, 1.165) is 6.08 Å². The molecule has 0 aliphatic carbocycles. The smallest absolute Gasteiger partial charge is 0.327 e. The van der Waals surface area contributed by atoms with Crippen LogP contribution in [0.3, 0.4) is 0 Å². The second-order valence-electron chi connectivity index (χ2n) is 5.51. The molecular weight excluding hydrogens is 202 g/mol. The summed E-state index contributed by atoms with van der Waals surface area (Å²) in [6, 6.07) is 0. The molecule has 0 radical (unpaired) electrons. The van der Waals surface area contributed by atoms with E-state index in [4.69, 9.17) is 5.11 Å². The summed E-state index contributed by atoms with van der Waals surface area (Å²) in [6.07, 6.45) is 3.55. The predicted molar refractivity (Wildman–Crippen MR) is 67.6 cm³/mol. The highest BCUT2D eigenvalue weighted by atomic mass is 16.4. The number of piperidine rings is 1. The average Bonchev–Trinajstić information content (AvgIpc) is 2.16. The second-order valence-corrected chi connectivity index (χ2v) is 5.51. The molecule has 1 fully saturated rings. The maximum Gasteiger partial charge on any atom is 0.327 e. The molecule has 1 saturated heterocycles. The topological polar surface area (TPSA) is 40.5 Å². The Morgan fingerprint density at radius 3 is 2.06 bits per heavy atom. The third-order valence-corrected chi connectivity index (χ3v) is 4.08. The molecule has 0 amide bonds. The number of likely N-dealkylation sites (tertiary alicyclic amines) is 1. The quantitative estimate of drug-likeness (QED) is 0.700. The van der Waals surface area contributed by atoms with Gasteiger partial charge in [0.05, 0.1) is 0 Å². The number of carbonyl (C=O) groups is 1. The minimum absolute atomic E-state index is 0.366. The van der Waals surface area contributed by atoms with Crippen LogP contribution in [0.25, 0.3) is 0 Å². The van der Waals surface area contributed by atoms with Gasteiger partial charge in [0, 0.05) is 11.6 Å². The van der Waals surface area contributed by atoms with Crippen LogP contribution in [0.15, 0.2) is 12.7 Å². The summed E-state index contributed by atoms with van der Waals surface area (Å²) in [4.78, 5) is 11.7. The van der Waals surface area contributed by atoms with E-state index < -0.39 is 5.97 Å². The van der Waals surface area contributed by atoms with Gasteiger partial charge < -0.3 is 10.0 Å². The summed E-state index contributed by atoms with van der Waals surface area (Å²) in [5.41, 5.74) is 0.839. The Bertz CT molecular complexity index is 257. The van der Waals surface area contributed by atoms with Crippen LogP contribution in [-0.4, -0.2) is 35.1 Å². The summed E-state index contributed by atoms with van der Waals surface area (Å²) < 4.78 is 0. The molecule has 1 aliphatic rings. The van der Waals surface area contributed by atoms with Gasteiger partial charge in [-0.25, -0.2) is 4.79 Å². The molecular formula is C13H25NO2. The largest absolute Gasteiger partial charge is 0.478 e. The van der Waals surface area contributed by atoms with E-state index in [-0.39, 0.29) is 0 Å². The standard InChI is InChI=1S/C10H21N.C3H4O2/c1-9(2)7-6-8-11(5)10(9,3)4;1-2-3(4)5/h6-8H2,1-5H3;2H,1H2,(H,4,5). The van der Waals surface area contributed by atoms with Crippen LogP contribution in [0.5, 0.6) is 0 Å². The second kappa shape index (κ2) is 5.48. The molecule has 3 nitrogen and oxygen atoms in total. The highest BCUT2D eigenvalue weighted by Crippen LogP contribution is 2.42. The van der Waals surface area contributed by atoms with Gasteiger partial charge in [0.25, 0.3) is 0 Å². The first-order chi connectivity index (χ1) is 7.15. The van der Waals surface area contributed by atoms with Crippen LogP contribution in [0.4, 0.5) is 0 Å². The fourth-order valence-corrected chi connectivity index (χ4v) is 1.86. The van der Waals surface area contributed by atoms with Gasteiger partial charge in [0.1, 0.15) is 0 Å². The van der Waals surface area contributed by atoms with Crippen molar-refractivity contribution in [3.63, 3.8) is 0 Å². The van der Waals surface area contributed by atoms with Crippen molar-refractivity contribution in [3.8, 4) is 0 Å². The Kier molecular flexibility index (Phi) is 5.20. The summed E-state index contributed by atoms with van der Waals surface area (Å²) >= 11 is 0. The Hall–Kier alpha value is -0.830. The van der Waals surface area contributed by atoms with Crippen LogP contribution < -0.4 is 0 Å². The number of carboxylic acid groups (broad SMARTS) is 1. The van der Waals surface area contributed by atoms with Crippen molar-refractivity contribution < 1.29 is 9.90 Å².